The van der Waals surface area contributed by atoms with Crippen LogP contribution in [0.15, 0.2) is 29.1 Å². The number of rotatable bonds is 6. The first-order valence-electron chi connectivity index (χ1n) is 11.4. The summed E-state index contributed by atoms with van der Waals surface area (Å²) in [5.74, 6) is 1.35. The molecule has 7 heteroatoms. The summed E-state index contributed by atoms with van der Waals surface area (Å²) in [5.41, 5.74) is 1.70. The molecule has 1 amide bonds. The van der Waals surface area contributed by atoms with Crippen molar-refractivity contribution in [3.63, 3.8) is 0 Å². The molecule has 3 aromatic rings. The second-order valence-electron chi connectivity index (χ2n) is 8.52. The molecule has 2 aromatic heterocycles. The number of aromatic nitrogens is 2. The number of ether oxygens (including phenoxy) is 1. The van der Waals surface area contributed by atoms with E-state index in [2.05, 4.69) is 0 Å². The van der Waals surface area contributed by atoms with Crippen molar-refractivity contribution in [2.75, 3.05) is 13.7 Å². The van der Waals surface area contributed by atoms with Crippen molar-refractivity contribution in [2.45, 2.75) is 65.5 Å². The lowest BCUT2D eigenvalue weighted by atomic mass is 9.94. The molecule has 0 aliphatic heterocycles. The molecule has 0 saturated heterocycles. The van der Waals surface area contributed by atoms with E-state index in [9.17, 15) is 9.59 Å². The third kappa shape index (κ3) is 4.31. The van der Waals surface area contributed by atoms with Crippen molar-refractivity contribution in [1.82, 2.24) is 14.5 Å². The Morgan fingerprint density at radius 3 is 2.53 bits per heavy atom. The monoisotopic (exact) mass is 453 g/mol. The lowest BCUT2D eigenvalue weighted by Crippen LogP contribution is -2.42. The first-order valence-corrected chi connectivity index (χ1v) is 12.2. The van der Waals surface area contributed by atoms with Gasteiger partial charge in [-0.3, -0.25) is 14.2 Å². The molecule has 1 aliphatic carbocycles. The van der Waals surface area contributed by atoms with Crippen LogP contribution in [0.25, 0.3) is 21.3 Å². The van der Waals surface area contributed by atoms with Crippen LogP contribution < -0.4 is 10.3 Å². The van der Waals surface area contributed by atoms with Crippen LogP contribution in [-0.2, 0) is 11.3 Å². The summed E-state index contributed by atoms with van der Waals surface area (Å²) in [5, 5.41) is 0.593. The van der Waals surface area contributed by atoms with Crippen LogP contribution >= 0.6 is 11.3 Å². The predicted octanol–water partition coefficient (Wildman–Crippen LogP) is 4.93. The third-order valence-corrected chi connectivity index (χ3v) is 7.44. The number of aryl methyl sites for hydroxylation is 2. The molecule has 0 bridgehead atoms. The van der Waals surface area contributed by atoms with E-state index in [0.717, 1.165) is 52.3 Å². The van der Waals surface area contributed by atoms with Crippen molar-refractivity contribution in [1.29, 1.82) is 0 Å². The quantitative estimate of drug-likeness (QED) is 0.531. The molecule has 170 valence electrons. The zero-order valence-electron chi connectivity index (χ0n) is 19.3. The Morgan fingerprint density at radius 2 is 1.88 bits per heavy atom. The van der Waals surface area contributed by atoms with Gasteiger partial charge >= 0.3 is 0 Å². The number of carbonyl (C=O) groups is 1. The third-order valence-electron chi connectivity index (χ3n) is 6.44. The molecule has 0 spiro atoms. The number of hydrogen-bond donors (Lipinski definition) is 0. The van der Waals surface area contributed by atoms with Crippen LogP contribution in [0.5, 0.6) is 5.75 Å². The van der Waals surface area contributed by atoms with Crippen molar-refractivity contribution in [2.24, 2.45) is 0 Å². The van der Waals surface area contributed by atoms with Crippen molar-refractivity contribution >= 4 is 27.5 Å². The number of likely N-dealkylation sites (N-methyl/N-ethyl adjacent to an activating group) is 1. The molecule has 6 nitrogen and oxygen atoms in total. The second-order valence-corrected chi connectivity index (χ2v) is 9.72. The summed E-state index contributed by atoms with van der Waals surface area (Å²) in [6.07, 6.45) is 5.64. The van der Waals surface area contributed by atoms with Crippen LogP contribution in [0.1, 0.15) is 49.7 Å². The van der Waals surface area contributed by atoms with E-state index in [0.29, 0.717) is 17.8 Å². The molecule has 2 heterocycles. The van der Waals surface area contributed by atoms with E-state index >= 15 is 0 Å². The van der Waals surface area contributed by atoms with Crippen LogP contribution in [-0.4, -0.2) is 40.1 Å². The van der Waals surface area contributed by atoms with E-state index in [4.69, 9.17) is 9.72 Å². The van der Waals surface area contributed by atoms with Crippen LogP contribution in [0.4, 0.5) is 0 Å². The van der Waals surface area contributed by atoms with Gasteiger partial charge in [0, 0.05) is 23.5 Å². The van der Waals surface area contributed by atoms with Gasteiger partial charge in [0.2, 0.25) is 5.91 Å². The molecule has 4 rings (SSSR count). The predicted molar refractivity (Wildman–Crippen MR) is 130 cm³/mol. The Balaban J connectivity index is 1.71. The topological polar surface area (TPSA) is 64.4 Å². The molecule has 1 aliphatic rings. The maximum atomic E-state index is 13.6. The fraction of sp³-hybridized carbons (Fsp3) is 0.480. The highest BCUT2D eigenvalue weighted by Crippen LogP contribution is 2.36. The summed E-state index contributed by atoms with van der Waals surface area (Å²) >= 11 is 1.52. The molecule has 0 unspecified atom stereocenters. The Labute approximate surface area is 192 Å². The number of thiophene rings is 1. The first-order chi connectivity index (χ1) is 15.4. The highest BCUT2D eigenvalue weighted by molar-refractivity contribution is 7.19. The second kappa shape index (κ2) is 9.45. The van der Waals surface area contributed by atoms with Crippen molar-refractivity contribution in [3.05, 3.63) is 45.3 Å². The average Bonchev–Trinajstić information content (AvgIpc) is 3.13. The first kappa shape index (κ1) is 22.5. The van der Waals surface area contributed by atoms with Gasteiger partial charge in [-0.05, 0) is 51.3 Å². The fourth-order valence-electron chi connectivity index (χ4n) is 4.63. The zero-order chi connectivity index (χ0) is 22.8. The smallest absolute Gasteiger partial charge is 0.263 e. The summed E-state index contributed by atoms with van der Waals surface area (Å²) in [4.78, 5) is 34.9. The Hall–Kier alpha value is -2.67. The van der Waals surface area contributed by atoms with Crippen LogP contribution in [0.3, 0.4) is 0 Å². The van der Waals surface area contributed by atoms with Gasteiger partial charge in [0.25, 0.3) is 5.56 Å². The fourth-order valence-corrected chi connectivity index (χ4v) is 5.71. The molecular weight excluding hydrogens is 422 g/mol. The van der Waals surface area contributed by atoms with Gasteiger partial charge in [-0.15, -0.1) is 11.3 Å². The molecule has 1 saturated carbocycles. The SMILES string of the molecule is CCOc1ccc(-c2c(C)sc3nc(C)n(CC(=O)N(C)C4CCCCC4)c(=O)c23)cc1. The Morgan fingerprint density at radius 1 is 1.19 bits per heavy atom. The summed E-state index contributed by atoms with van der Waals surface area (Å²) in [6.45, 7) is 6.41. The van der Waals surface area contributed by atoms with Crippen molar-refractivity contribution < 1.29 is 9.53 Å². The van der Waals surface area contributed by atoms with E-state index < -0.39 is 0 Å². The van der Waals surface area contributed by atoms with Gasteiger partial charge in [-0.2, -0.15) is 0 Å². The summed E-state index contributed by atoms with van der Waals surface area (Å²) in [6, 6.07) is 8.07. The van der Waals surface area contributed by atoms with E-state index in [1.807, 2.05) is 50.1 Å². The lowest BCUT2D eigenvalue weighted by molar-refractivity contribution is -0.133. The Bertz CT molecular complexity index is 1170. The number of benzene rings is 1. The molecule has 0 N–H and O–H groups in total. The standard InChI is InChI=1S/C25H31N3O3S/c1-5-31-20-13-11-18(12-14-20)22-16(2)32-24-23(22)25(30)28(17(3)26-24)15-21(29)27(4)19-9-7-6-8-10-19/h11-14,19H,5-10,15H2,1-4H3. The maximum absolute atomic E-state index is 13.6. The van der Waals surface area contributed by atoms with Crippen molar-refractivity contribution in [3.8, 4) is 16.9 Å². The van der Waals surface area contributed by atoms with Gasteiger partial charge < -0.3 is 9.64 Å². The highest BCUT2D eigenvalue weighted by Gasteiger charge is 2.24. The lowest BCUT2D eigenvalue weighted by Gasteiger charge is -2.31. The molecule has 1 aromatic carbocycles. The largest absolute Gasteiger partial charge is 0.494 e. The summed E-state index contributed by atoms with van der Waals surface area (Å²) in [7, 11) is 1.87. The molecular formula is C25H31N3O3S. The average molecular weight is 454 g/mol. The minimum absolute atomic E-state index is 0.0260. The van der Waals surface area contributed by atoms with Gasteiger partial charge in [0.15, 0.2) is 0 Å². The van der Waals surface area contributed by atoms with Gasteiger partial charge in [0.05, 0.1) is 12.0 Å². The van der Waals surface area contributed by atoms with Crippen LogP contribution in [0.2, 0.25) is 0 Å². The molecule has 32 heavy (non-hydrogen) atoms. The minimum Gasteiger partial charge on any atom is -0.494 e. The van der Waals surface area contributed by atoms with E-state index in [1.54, 1.807) is 6.92 Å². The maximum Gasteiger partial charge on any atom is 0.263 e. The van der Waals surface area contributed by atoms with Gasteiger partial charge in [-0.1, -0.05) is 31.4 Å². The number of nitrogens with zero attached hydrogens (tertiary/aromatic N) is 3. The number of fused-ring (bicyclic) bond motifs is 1. The van der Waals surface area contributed by atoms with Crippen LogP contribution in [0, 0.1) is 13.8 Å². The number of hydrogen-bond acceptors (Lipinski definition) is 5. The molecule has 0 radical (unpaired) electrons. The molecule has 0 atom stereocenters. The van der Waals surface area contributed by atoms with Gasteiger partial charge in [0.1, 0.15) is 22.9 Å². The highest BCUT2D eigenvalue weighted by atomic mass is 32.1. The van der Waals surface area contributed by atoms with Gasteiger partial charge in [-0.25, -0.2) is 4.98 Å². The summed E-state index contributed by atoms with van der Waals surface area (Å²) < 4.78 is 7.09. The van der Waals surface area contributed by atoms with E-state index in [1.165, 1.54) is 22.3 Å². The van der Waals surface area contributed by atoms with E-state index in [-0.39, 0.29) is 24.1 Å². The molecule has 1 fully saturated rings. The number of amides is 1. The zero-order valence-corrected chi connectivity index (χ0v) is 20.1. The Kier molecular flexibility index (Phi) is 6.65. The number of carbonyl (C=O) groups excluding carboxylic acids is 1. The minimum atomic E-state index is -0.147. The normalized spacial score (nSPS) is 14.6.